The maximum Gasteiger partial charge on any atom is 0.352 e. The number of amides is 2. The lowest BCUT2D eigenvalue weighted by Gasteiger charge is -2.11. The standard InChI is InChI=1S/C26H28N6O4/c1-6-12-30-24(35)19-11-10-18(23(34)27-15(2)3)13-20(19)32-25(30)29-31(26(32)36)14-21(33)28-22-16(4)8-7-9-17(22)5/h6-11,13,15H,1,12,14H2,2-5H3,(H,27,34)(H,28,33). The Kier molecular flexibility index (Phi) is 6.61. The van der Waals surface area contributed by atoms with Crippen LogP contribution in [0.4, 0.5) is 5.69 Å². The maximum atomic E-state index is 13.4. The molecule has 10 nitrogen and oxygen atoms in total. The molecule has 2 heterocycles. The number of aromatic nitrogens is 4. The monoisotopic (exact) mass is 488 g/mol. The number of para-hydroxylation sites is 1. The Labute approximate surface area is 206 Å². The van der Waals surface area contributed by atoms with E-state index < -0.39 is 11.6 Å². The molecule has 0 unspecified atom stereocenters. The van der Waals surface area contributed by atoms with Crippen LogP contribution in [0.15, 0.2) is 58.6 Å². The number of aryl methyl sites for hydroxylation is 2. The Bertz CT molecular complexity index is 1620. The number of anilines is 1. The van der Waals surface area contributed by atoms with Gasteiger partial charge in [0.15, 0.2) is 0 Å². The first-order valence-electron chi connectivity index (χ1n) is 11.6. The number of nitrogens with zero attached hydrogens (tertiary/aromatic N) is 4. The predicted molar refractivity (Wildman–Crippen MR) is 139 cm³/mol. The van der Waals surface area contributed by atoms with Gasteiger partial charge in [0.05, 0.1) is 10.9 Å². The minimum atomic E-state index is -0.606. The van der Waals surface area contributed by atoms with Crippen molar-refractivity contribution in [2.24, 2.45) is 0 Å². The highest BCUT2D eigenvalue weighted by molar-refractivity contribution is 5.98. The molecule has 186 valence electrons. The predicted octanol–water partition coefficient (Wildman–Crippen LogP) is 2.39. The van der Waals surface area contributed by atoms with E-state index in [4.69, 9.17) is 0 Å². The van der Waals surface area contributed by atoms with Gasteiger partial charge in [-0.2, -0.15) is 0 Å². The summed E-state index contributed by atoms with van der Waals surface area (Å²) < 4.78 is 3.57. The van der Waals surface area contributed by atoms with Gasteiger partial charge in [0.25, 0.3) is 11.5 Å². The molecule has 0 spiro atoms. The summed E-state index contributed by atoms with van der Waals surface area (Å²) in [6.07, 6.45) is 1.52. The molecule has 2 aromatic heterocycles. The fourth-order valence-corrected chi connectivity index (χ4v) is 4.13. The summed E-state index contributed by atoms with van der Waals surface area (Å²) in [5.74, 6) is -0.709. The van der Waals surface area contributed by atoms with Gasteiger partial charge in [0.2, 0.25) is 11.7 Å². The van der Waals surface area contributed by atoms with Crippen molar-refractivity contribution < 1.29 is 9.59 Å². The molecule has 0 aliphatic carbocycles. The lowest BCUT2D eigenvalue weighted by molar-refractivity contribution is -0.117. The van der Waals surface area contributed by atoms with Gasteiger partial charge in [-0.3, -0.25) is 19.0 Å². The summed E-state index contributed by atoms with van der Waals surface area (Å²) in [6.45, 7) is 10.9. The second-order valence-corrected chi connectivity index (χ2v) is 8.96. The van der Waals surface area contributed by atoms with Crippen LogP contribution in [0.1, 0.15) is 35.3 Å². The molecular weight excluding hydrogens is 460 g/mol. The zero-order valence-corrected chi connectivity index (χ0v) is 20.7. The number of benzene rings is 2. The van der Waals surface area contributed by atoms with Gasteiger partial charge in [0, 0.05) is 23.8 Å². The molecule has 0 bridgehead atoms. The Morgan fingerprint density at radius 3 is 2.44 bits per heavy atom. The van der Waals surface area contributed by atoms with Crippen LogP contribution in [0.2, 0.25) is 0 Å². The molecule has 4 rings (SSSR count). The lowest BCUT2D eigenvalue weighted by atomic mass is 10.1. The Balaban J connectivity index is 1.85. The van der Waals surface area contributed by atoms with Crippen molar-refractivity contribution in [2.45, 2.75) is 46.8 Å². The highest BCUT2D eigenvalue weighted by Crippen LogP contribution is 2.19. The normalized spacial score (nSPS) is 11.2. The lowest BCUT2D eigenvalue weighted by Crippen LogP contribution is -2.31. The van der Waals surface area contributed by atoms with Gasteiger partial charge in [0.1, 0.15) is 6.54 Å². The van der Waals surface area contributed by atoms with Gasteiger partial charge < -0.3 is 10.6 Å². The van der Waals surface area contributed by atoms with Crippen molar-refractivity contribution in [3.63, 3.8) is 0 Å². The fourth-order valence-electron chi connectivity index (χ4n) is 4.13. The second-order valence-electron chi connectivity index (χ2n) is 8.96. The smallest absolute Gasteiger partial charge is 0.350 e. The first kappa shape index (κ1) is 24.6. The number of allylic oxidation sites excluding steroid dienone is 1. The molecule has 0 saturated carbocycles. The van der Waals surface area contributed by atoms with E-state index in [1.165, 1.54) is 27.2 Å². The maximum absolute atomic E-state index is 13.4. The summed E-state index contributed by atoms with van der Waals surface area (Å²) in [5.41, 5.74) is 2.00. The molecule has 0 radical (unpaired) electrons. The molecule has 0 atom stereocenters. The largest absolute Gasteiger partial charge is 0.352 e. The summed E-state index contributed by atoms with van der Waals surface area (Å²) >= 11 is 0. The molecule has 0 aliphatic heterocycles. The molecule has 10 heteroatoms. The van der Waals surface area contributed by atoms with Gasteiger partial charge >= 0.3 is 5.69 Å². The van der Waals surface area contributed by atoms with Crippen molar-refractivity contribution in [3.05, 3.63) is 86.6 Å². The summed E-state index contributed by atoms with van der Waals surface area (Å²) in [5, 5.41) is 10.2. The highest BCUT2D eigenvalue weighted by Gasteiger charge is 2.20. The van der Waals surface area contributed by atoms with Crippen molar-refractivity contribution in [3.8, 4) is 0 Å². The van der Waals surface area contributed by atoms with Crippen LogP contribution in [0.5, 0.6) is 0 Å². The number of carbonyl (C=O) groups is 2. The van der Waals surface area contributed by atoms with Crippen molar-refractivity contribution >= 4 is 34.2 Å². The average Bonchev–Trinajstić information content (AvgIpc) is 3.14. The third-order valence-electron chi connectivity index (χ3n) is 5.81. The van der Waals surface area contributed by atoms with Crippen molar-refractivity contribution in [1.29, 1.82) is 0 Å². The van der Waals surface area contributed by atoms with E-state index in [9.17, 15) is 19.2 Å². The summed E-state index contributed by atoms with van der Waals surface area (Å²) in [4.78, 5) is 52.1. The van der Waals surface area contributed by atoms with Crippen LogP contribution in [-0.4, -0.2) is 36.6 Å². The zero-order valence-electron chi connectivity index (χ0n) is 20.7. The van der Waals surface area contributed by atoms with Gasteiger partial charge in [-0.1, -0.05) is 24.3 Å². The molecular formula is C26H28N6O4. The van der Waals surface area contributed by atoms with Crippen molar-refractivity contribution in [1.82, 2.24) is 24.1 Å². The number of fused-ring (bicyclic) bond motifs is 3. The van der Waals surface area contributed by atoms with E-state index in [0.29, 0.717) is 11.3 Å². The Morgan fingerprint density at radius 1 is 1.11 bits per heavy atom. The SMILES string of the molecule is C=CCn1c(=O)c2ccc(C(=O)NC(C)C)cc2n2c(=O)n(CC(=O)Nc3c(C)cccc3C)nc12. The van der Waals surface area contributed by atoms with Crippen LogP contribution in [-0.2, 0) is 17.9 Å². The van der Waals surface area contributed by atoms with E-state index in [1.54, 1.807) is 6.07 Å². The van der Waals surface area contributed by atoms with Crippen LogP contribution in [0, 0.1) is 13.8 Å². The first-order valence-corrected chi connectivity index (χ1v) is 11.6. The van der Waals surface area contributed by atoms with E-state index in [0.717, 1.165) is 15.8 Å². The van der Waals surface area contributed by atoms with Gasteiger partial charge in [-0.05, 0) is 57.0 Å². The van der Waals surface area contributed by atoms with Crippen LogP contribution < -0.4 is 21.9 Å². The summed E-state index contributed by atoms with van der Waals surface area (Å²) in [6, 6.07) is 10.1. The Morgan fingerprint density at radius 2 is 1.81 bits per heavy atom. The van der Waals surface area contributed by atoms with E-state index >= 15 is 0 Å². The van der Waals surface area contributed by atoms with Crippen LogP contribution in [0.25, 0.3) is 16.7 Å². The van der Waals surface area contributed by atoms with Crippen LogP contribution in [0.3, 0.4) is 0 Å². The molecule has 4 aromatic rings. The van der Waals surface area contributed by atoms with Gasteiger partial charge in [-0.25, -0.2) is 13.9 Å². The second kappa shape index (κ2) is 9.65. The van der Waals surface area contributed by atoms with Crippen molar-refractivity contribution in [2.75, 3.05) is 5.32 Å². The summed E-state index contributed by atoms with van der Waals surface area (Å²) in [7, 11) is 0. The van der Waals surface area contributed by atoms with Crippen LogP contribution >= 0.6 is 0 Å². The fraction of sp³-hybridized carbons (Fsp3) is 0.269. The molecule has 36 heavy (non-hydrogen) atoms. The minimum Gasteiger partial charge on any atom is -0.350 e. The molecule has 2 N–H and O–H groups in total. The topological polar surface area (TPSA) is 120 Å². The molecule has 0 fully saturated rings. The first-order chi connectivity index (χ1) is 17.1. The molecule has 2 aromatic carbocycles. The van der Waals surface area contributed by atoms with E-state index in [1.807, 2.05) is 45.9 Å². The van der Waals surface area contributed by atoms with E-state index in [2.05, 4.69) is 22.3 Å². The number of carbonyl (C=O) groups excluding carboxylic acids is 2. The quantitative estimate of drug-likeness (QED) is 0.387. The number of nitrogens with one attached hydrogen (secondary N) is 2. The third kappa shape index (κ3) is 4.45. The molecule has 2 amide bonds. The van der Waals surface area contributed by atoms with E-state index in [-0.39, 0.29) is 47.3 Å². The molecule has 0 aliphatic rings. The number of hydrogen-bond acceptors (Lipinski definition) is 5. The Hall–Kier alpha value is -4.47. The number of hydrogen-bond donors (Lipinski definition) is 2. The highest BCUT2D eigenvalue weighted by atomic mass is 16.2. The number of rotatable bonds is 7. The third-order valence-corrected chi connectivity index (χ3v) is 5.81. The van der Waals surface area contributed by atoms with Gasteiger partial charge in [-0.15, -0.1) is 11.7 Å². The molecule has 0 saturated heterocycles. The minimum absolute atomic E-state index is 0.0543. The zero-order chi connectivity index (χ0) is 26.1. The average molecular weight is 489 g/mol.